The van der Waals surface area contributed by atoms with Gasteiger partial charge in [-0.15, -0.1) is 5.10 Å². The molecule has 1 fully saturated rings. The third-order valence-corrected chi connectivity index (χ3v) is 8.15. The summed E-state index contributed by atoms with van der Waals surface area (Å²) >= 11 is 1.06. The maximum atomic E-state index is 13.2. The average Bonchev–Trinajstić information content (AvgIpc) is 3.54. The Morgan fingerprint density at radius 3 is 2.73 bits per heavy atom. The minimum Gasteiger partial charge on any atom is -0.511 e. The van der Waals surface area contributed by atoms with Crippen LogP contribution in [0.1, 0.15) is 70.6 Å². The monoisotopic (exact) mass is 466 g/mol. The first-order valence-electron chi connectivity index (χ1n) is 12.0. The summed E-state index contributed by atoms with van der Waals surface area (Å²) in [5.74, 6) is 0.547. The number of aromatic amines is 1. The molecule has 1 aliphatic heterocycles. The molecule has 2 aromatic heterocycles. The van der Waals surface area contributed by atoms with Crippen LogP contribution in [0.3, 0.4) is 0 Å². The molecule has 0 spiro atoms. The fourth-order valence-corrected chi connectivity index (χ4v) is 6.12. The number of nitrogens with one attached hydrogen (secondary N) is 1. The molecule has 5 rings (SSSR count). The SMILES string of the molecule is O=C1OC(CCC2=CCCCC2)(C2CCCC2)CC(O)=C1Sc1n[nH]c(-c2ccncc2)n1. The van der Waals surface area contributed by atoms with Crippen molar-refractivity contribution < 1.29 is 14.6 Å². The van der Waals surface area contributed by atoms with E-state index in [1.807, 2.05) is 12.1 Å². The fourth-order valence-electron chi connectivity index (χ4n) is 5.40. The smallest absolute Gasteiger partial charge is 0.349 e. The van der Waals surface area contributed by atoms with Crippen LogP contribution in [-0.4, -0.2) is 36.8 Å². The standard InChI is InChI=1S/C25H30N4O3S/c30-20-16-25(19-8-4-5-9-19,13-10-17-6-2-1-3-7-17)32-23(31)21(20)33-24-27-22(28-29-24)18-11-14-26-15-12-18/h6,11-12,14-15,19,30H,1-5,7-10,13,16H2,(H,27,28,29). The average molecular weight is 467 g/mol. The molecule has 2 aromatic rings. The van der Waals surface area contributed by atoms with Crippen LogP contribution in [0.15, 0.2) is 52.0 Å². The highest BCUT2D eigenvalue weighted by molar-refractivity contribution is 8.03. The summed E-state index contributed by atoms with van der Waals surface area (Å²) in [7, 11) is 0. The summed E-state index contributed by atoms with van der Waals surface area (Å²) < 4.78 is 6.22. The van der Waals surface area contributed by atoms with Gasteiger partial charge in [0.1, 0.15) is 16.3 Å². The Labute approximate surface area is 198 Å². The number of cyclic esters (lactones) is 1. The normalized spacial score (nSPS) is 24.1. The number of H-pyrrole nitrogens is 1. The summed E-state index contributed by atoms with van der Waals surface area (Å²) in [5, 5.41) is 18.5. The number of carbonyl (C=O) groups is 1. The van der Waals surface area contributed by atoms with Gasteiger partial charge in [0.2, 0.25) is 5.16 Å². The third kappa shape index (κ3) is 4.86. The van der Waals surface area contributed by atoms with Gasteiger partial charge in [-0.25, -0.2) is 9.78 Å². The number of nitrogens with zero attached hydrogens (tertiary/aromatic N) is 3. The number of aliphatic hydroxyl groups is 1. The van der Waals surface area contributed by atoms with Gasteiger partial charge in [-0.3, -0.25) is 10.1 Å². The Hall–Kier alpha value is -2.61. The van der Waals surface area contributed by atoms with Crippen LogP contribution in [0.2, 0.25) is 0 Å². The molecule has 174 valence electrons. The topological polar surface area (TPSA) is 101 Å². The van der Waals surface area contributed by atoms with E-state index in [9.17, 15) is 9.90 Å². The van der Waals surface area contributed by atoms with Crippen molar-refractivity contribution in [3.8, 4) is 11.4 Å². The molecular weight excluding hydrogens is 436 g/mol. The molecule has 2 aliphatic carbocycles. The van der Waals surface area contributed by atoms with E-state index < -0.39 is 11.6 Å². The lowest BCUT2D eigenvalue weighted by molar-refractivity contribution is -0.166. The first-order valence-corrected chi connectivity index (χ1v) is 12.8. The minimum atomic E-state index is -0.610. The molecule has 0 aromatic carbocycles. The second kappa shape index (κ2) is 9.71. The van der Waals surface area contributed by atoms with Crippen LogP contribution in [0.5, 0.6) is 0 Å². The van der Waals surface area contributed by atoms with Crippen molar-refractivity contribution >= 4 is 17.7 Å². The number of esters is 1. The quantitative estimate of drug-likeness (QED) is 0.388. The zero-order valence-corrected chi connectivity index (χ0v) is 19.6. The number of thioether (sulfide) groups is 1. The van der Waals surface area contributed by atoms with Crippen LogP contribution in [0.25, 0.3) is 11.4 Å². The first kappa shape index (κ1) is 22.2. The Bertz CT molecular complexity index is 1060. The number of ether oxygens (including phenoxy) is 1. The molecule has 3 heterocycles. The number of hydrogen-bond donors (Lipinski definition) is 2. The number of aromatic nitrogens is 4. The molecule has 0 radical (unpaired) electrons. The minimum absolute atomic E-state index is 0.107. The summed E-state index contributed by atoms with van der Waals surface area (Å²) in [4.78, 5) is 21.8. The highest BCUT2D eigenvalue weighted by atomic mass is 32.2. The Morgan fingerprint density at radius 2 is 2.00 bits per heavy atom. The lowest BCUT2D eigenvalue weighted by Gasteiger charge is -2.41. The van der Waals surface area contributed by atoms with E-state index in [1.54, 1.807) is 12.4 Å². The number of pyridine rings is 1. The van der Waals surface area contributed by atoms with Crippen molar-refractivity contribution in [1.29, 1.82) is 0 Å². The third-order valence-electron chi connectivity index (χ3n) is 7.18. The van der Waals surface area contributed by atoms with Crippen LogP contribution in [0, 0.1) is 5.92 Å². The number of rotatable bonds is 7. The summed E-state index contributed by atoms with van der Waals surface area (Å²) in [5.41, 5.74) is 1.72. The van der Waals surface area contributed by atoms with Crippen molar-refractivity contribution in [2.75, 3.05) is 0 Å². The van der Waals surface area contributed by atoms with E-state index in [0.717, 1.165) is 68.7 Å². The lowest BCUT2D eigenvalue weighted by Crippen LogP contribution is -2.45. The van der Waals surface area contributed by atoms with Gasteiger partial charge in [0, 0.05) is 24.4 Å². The molecule has 1 saturated carbocycles. The predicted molar refractivity (Wildman–Crippen MR) is 126 cm³/mol. The van der Waals surface area contributed by atoms with Gasteiger partial charge < -0.3 is 9.84 Å². The van der Waals surface area contributed by atoms with Gasteiger partial charge in [0.05, 0.1) is 0 Å². The Morgan fingerprint density at radius 1 is 1.18 bits per heavy atom. The Balaban J connectivity index is 1.35. The highest BCUT2D eigenvalue weighted by Crippen LogP contribution is 2.48. The molecule has 0 amide bonds. The molecule has 1 atom stereocenters. The van der Waals surface area contributed by atoms with Crippen LogP contribution < -0.4 is 0 Å². The van der Waals surface area contributed by atoms with E-state index >= 15 is 0 Å². The van der Waals surface area contributed by atoms with Gasteiger partial charge >= 0.3 is 5.97 Å². The van der Waals surface area contributed by atoms with Gasteiger partial charge in [0.15, 0.2) is 5.82 Å². The maximum absolute atomic E-state index is 13.2. The molecule has 0 bridgehead atoms. The number of carbonyl (C=O) groups excluding carboxylic acids is 1. The first-order chi connectivity index (χ1) is 16.1. The molecule has 8 heteroatoms. The van der Waals surface area contributed by atoms with Gasteiger partial charge in [-0.2, -0.15) is 0 Å². The van der Waals surface area contributed by atoms with Gasteiger partial charge in [-0.05, 0) is 81.2 Å². The molecule has 0 saturated heterocycles. The van der Waals surface area contributed by atoms with Crippen molar-refractivity contribution in [3.05, 3.63) is 46.8 Å². The second-order valence-electron chi connectivity index (χ2n) is 9.30. The summed E-state index contributed by atoms with van der Waals surface area (Å²) in [6.07, 6.45) is 17.0. The molecule has 3 aliphatic rings. The fraction of sp³-hybridized carbons (Fsp3) is 0.520. The van der Waals surface area contributed by atoms with Crippen molar-refractivity contribution in [2.24, 2.45) is 5.92 Å². The number of aliphatic hydroxyl groups excluding tert-OH is 1. The summed E-state index contributed by atoms with van der Waals surface area (Å²) in [6, 6.07) is 3.66. The van der Waals surface area contributed by atoms with Crippen LogP contribution in [0.4, 0.5) is 0 Å². The van der Waals surface area contributed by atoms with E-state index in [1.165, 1.54) is 18.4 Å². The van der Waals surface area contributed by atoms with E-state index in [4.69, 9.17) is 4.74 Å². The molecule has 7 nitrogen and oxygen atoms in total. The van der Waals surface area contributed by atoms with Crippen molar-refractivity contribution in [2.45, 2.75) is 81.4 Å². The van der Waals surface area contributed by atoms with E-state index in [-0.39, 0.29) is 10.7 Å². The van der Waals surface area contributed by atoms with Crippen LogP contribution >= 0.6 is 11.8 Å². The lowest BCUT2D eigenvalue weighted by atomic mass is 9.76. The summed E-state index contributed by atoms with van der Waals surface area (Å²) in [6.45, 7) is 0. The van der Waals surface area contributed by atoms with Gasteiger partial charge in [-0.1, -0.05) is 24.5 Å². The second-order valence-corrected chi connectivity index (χ2v) is 10.3. The van der Waals surface area contributed by atoms with E-state index in [0.29, 0.717) is 23.3 Å². The molecule has 2 N–H and O–H groups in total. The largest absolute Gasteiger partial charge is 0.511 e. The van der Waals surface area contributed by atoms with Crippen molar-refractivity contribution in [3.63, 3.8) is 0 Å². The maximum Gasteiger partial charge on any atom is 0.349 e. The Kier molecular flexibility index (Phi) is 6.53. The van der Waals surface area contributed by atoms with Crippen molar-refractivity contribution in [1.82, 2.24) is 20.2 Å². The van der Waals surface area contributed by atoms with E-state index in [2.05, 4.69) is 26.2 Å². The van der Waals surface area contributed by atoms with Gasteiger partial charge in [0.25, 0.3) is 0 Å². The zero-order valence-electron chi connectivity index (χ0n) is 18.8. The van der Waals surface area contributed by atoms with Crippen LogP contribution in [-0.2, 0) is 9.53 Å². The highest BCUT2D eigenvalue weighted by Gasteiger charge is 2.48. The zero-order chi connectivity index (χ0) is 22.7. The molecule has 33 heavy (non-hydrogen) atoms. The predicted octanol–water partition coefficient (Wildman–Crippen LogP) is 5.88. The number of allylic oxidation sites excluding steroid dienone is 2. The molecular formula is C25H30N4O3S. The number of hydrogen-bond acceptors (Lipinski definition) is 7. The molecule has 1 unspecified atom stereocenters.